The summed E-state index contributed by atoms with van der Waals surface area (Å²) in [5.74, 6) is -0.903. The van der Waals surface area contributed by atoms with Crippen LogP contribution in [0.5, 0.6) is 11.5 Å². The molecule has 10 heteroatoms. The number of carbonyl (C=O) groups is 3. The van der Waals surface area contributed by atoms with Gasteiger partial charge in [-0.2, -0.15) is 5.10 Å². The molecule has 1 aliphatic heterocycles. The smallest absolute Gasteiger partial charge is 0.329 e. The van der Waals surface area contributed by atoms with Gasteiger partial charge in [0.2, 0.25) is 0 Å². The van der Waals surface area contributed by atoms with Gasteiger partial charge in [0.15, 0.2) is 6.61 Å². The molecule has 3 amide bonds. The fraction of sp³-hybridized carbons (Fsp3) is 0.333. The number of hydrogen-bond acceptors (Lipinski definition) is 7. The van der Waals surface area contributed by atoms with Crippen LogP contribution in [0.4, 0.5) is 5.69 Å². The Balaban J connectivity index is 1.45. The van der Waals surface area contributed by atoms with Gasteiger partial charge in [0.05, 0.1) is 18.9 Å². The van der Waals surface area contributed by atoms with Crippen molar-refractivity contribution in [3.8, 4) is 11.5 Å². The summed E-state index contributed by atoms with van der Waals surface area (Å²) in [4.78, 5) is 36.0. The second-order valence-electron chi connectivity index (χ2n) is 7.38. The van der Waals surface area contributed by atoms with Crippen LogP contribution in [0.3, 0.4) is 0 Å². The molecular weight excluding hydrogens is 440 g/mol. The maximum Gasteiger partial charge on any atom is 0.329 e. The largest absolute Gasteiger partial charge is 0.494 e. The van der Waals surface area contributed by atoms with E-state index in [1.54, 1.807) is 48.5 Å². The van der Waals surface area contributed by atoms with Crippen molar-refractivity contribution in [2.45, 2.75) is 25.9 Å². The quantitative estimate of drug-likeness (QED) is 0.277. The molecule has 0 saturated carbocycles. The van der Waals surface area contributed by atoms with Crippen LogP contribution in [0.25, 0.3) is 0 Å². The monoisotopic (exact) mass is 468 g/mol. The zero-order chi connectivity index (χ0) is 24.2. The summed E-state index contributed by atoms with van der Waals surface area (Å²) in [7, 11) is 0. The van der Waals surface area contributed by atoms with E-state index in [4.69, 9.17) is 14.2 Å². The Morgan fingerprint density at radius 1 is 1.09 bits per heavy atom. The van der Waals surface area contributed by atoms with E-state index in [2.05, 4.69) is 21.2 Å². The van der Waals surface area contributed by atoms with Gasteiger partial charge in [0, 0.05) is 24.4 Å². The third-order valence-electron chi connectivity index (χ3n) is 4.82. The molecule has 0 aromatic heterocycles. The molecule has 0 radical (unpaired) electrons. The highest BCUT2D eigenvalue weighted by Gasteiger charge is 2.19. The molecule has 3 N–H and O–H groups in total. The number of hydrogen-bond donors (Lipinski definition) is 3. The third-order valence-corrected chi connectivity index (χ3v) is 4.82. The van der Waals surface area contributed by atoms with Gasteiger partial charge >= 0.3 is 11.8 Å². The van der Waals surface area contributed by atoms with Crippen LogP contribution < -0.4 is 25.5 Å². The Bertz CT molecular complexity index is 1000. The maximum absolute atomic E-state index is 12.2. The molecule has 34 heavy (non-hydrogen) atoms. The molecule has 1 saturated heterocycles. The predicted octanol–water partition coefficient (Wildman–Crippen LogP) is 1.85. The van der Waals surface area contributed by atoms with Crippen molar-refractivity contribution in [3.05, 3.63) is 54.1 Å². The van der Waals surface area contributed by atoms with Crippen molar-refractivity contribution in [1.82, 2.24) is 10.7 Å². The number of ether oxygens (including phenoxy) is 3. The lowest BCUT2D eigenvalue weighted by Crippen LogP contribution is -2.41. The summed E-state index contributed by atoms with van der Waals surface area (Å²) in [6.07, 6.45) is 3.08. The molecule has 1 heterocycles. The number of hydrazone groups is 1. The maximum atomic E-state index is 12.2. The molecule has 1 fully saturated rings. The zero-order valence-corrected chi connectivity index (χ0v) is 18.9. The average Bonchev–Trinajstić information content (AvgIpc) is 3.37. The van der Waals surface area contributed by atoms with Crippen molar-refractivity contribution in [1.29, 1.82) is 0 Å². The van der Waals surface area contributed by atoms with Crippen LogP contribution in [0.15, 0.2) is 53.6 Å². The molecule has 2 aromatic rings. The summed E-state index contributed by atoms with van der Waals surface area (Å²) in [5, 5.41) is 9.07. The van der Waals surface area contributed by atoms with Crippen LogP contribution in [-0.2, 0) is 19.1 Å². The molecule has 180 valence electrons. The number of nitrogens with zero attached hydrogens (tertiary/aromatic N) is 1. The minimum atomic E-state index is -0.887. The minimum Gasteiger partial charge on any atom is -0.494 e. The van der Waals surface area contributed by atoms with Crippen LogP contribution >= 0.6 is 0 Å². The highest BCUT2D eigenvalue weighted by atomic mass is 16.5. The van der Waals surface area contributed by atoms with Crippen LogP contribution in [0, 0.1) is 0 Å². The Morgan fingerprint density at radius 3 is 2.62 bits per heavy atom. The lowest BCUT2D eigenvalue weighted by molar-refractivity contribution is -0.139. The second-order valence-corrected chi connectivity index (χ2v) is 7.38. The van der Waals surface area contributed by atoms with Gasteiger partial charge in [-0.25, -0.2) is 5.43 Å². The lowest BCUT2D eigenvalue weighted by Gasteiger charge is -2.10. The Hall–Kier alpha value is -3.92. The average molecular weight is 469 g/mol. The van der Waals surface area contributed by atoms with Gasteiger partial charge in [-0.05, 0) is 56.2 Å². The molecule has 0 aliphatic carbocycles. The first-order chi connectivity index (χ1) is 16.5. The number of benzene rings is 2. The van der Waals surface area contributed by atoms with Crippen molar-refractivity contribution < 1.29 is 28.6 Å². The highest BCUT2D eigenvalue weighted by molar-refractivity contribution is 6.35. The number of carbonyl (C=O) groups excluding carboxylic acids is 3. The van der Waals surface area contributed by atoms with Gasteiger partial charge in [-0.1, -0.05) is 12.1 Å². The number of amides is 3. The minimum absolute atomic E-state index is 0.0593. The summed E-state index contributed by atoms with van der Waals surface area (Å²) >= 11 is 0. The highest BCUT2D eigenvalue weighted by Crippen LogP contribution is 2.17. The lowest BCUT2D eigenvalue weighted by atomic mass is 10.2. The fourth-order valence-electron chi connectivity index (χ4n) is 3.16. The molecule has 2 aromatic carbocycles. The Labute approximate surface area is 197 Å². The number of para-hydroxylation sites is 1. The van der Waals surface area contributed by atoms with E-state index < -0.39 is 11.8 Å². The summed E-state index contributed by atoms with van der Waals surface area (Å²) in [6.45, 7) is 3.19. The first-order valence-corrected chi connectivity index (χ1v) is 11.0. The summed E-state index contributed by atoms with van der Waals surface area (Å²) in [6, 6.07) is 13.9. The molecular formula is C24H28N4O6. The standard InChI is InChI=1S/C24H28N4O6/c1-2-32-19-11-9-18(10-12-19)27-22(29)16-34-21-8-4-3-6-17(21)14-26-28-24(31)23(30)25-15-20-7-5-13-33-20/h3-4,6,8-12,14,20H,2,5,7,13,15-16H2,1H3,(H,25,30)(H,27,29)(H,28,31)/b26-14-/t20-/m0/s1. The summed E-state index contributed by atoms with van der Waals surface area (Å²) in [5.41, 5.74) is 3.32. The van der Waals surface area contributed by atoms with Crippen LogP contribution in [-0.4, -0.2) is 56.4 Å². The van der Waals surface area contributed by atoms with Crippen molar-refractivity contribution in [2.75, 3.05) is 31.7 Å². The van der Waals surface area contributed by atoms with Crippen molar-refractivity contribution >= 4 is 29.6 Å². The van der Waals surface area contributed by atoms with E-state index in [9.17, 15) is 14.4 Å². The number of rotatable bonds is 10. The third kappa shape index (κ3) is 7.89. The van der Waals surface area contributed by atoms with E-state index in [-0.39, 0.29) is 25.2 Å². The van der Waals surface area contributed by atoms with Gasteiger partial charge < -0.3 is 24.8 Å². The molecule has 0 unspecified atom stereocenters. The van der Waals surface area contributed by atoms with Crippen molar-refractivity contribution in [2.24, 2.45) is 5.10 Å². The normalized spacial score (nSPS) is 15.0. The molecule has 3 rings (SSSR count). The SMILES string of the molecule is CCOc1ccc(NC(=O)COc2ccccc2/C=N\NC(=O)C(=O)NC[C@@H]2CCCO2)cc1. The topological polar surface area (TPSA) is 127 Å². The molecule has 1 aliphatic rings. The van der Waals surface area contributed by atoms with Gasteiger partial charge in [-0.15, -0.1) is 0 Å². The Kier molecular flexibility index (Phi) is 9.41. The second kappa shape index (κ2) is 12.9. The fourth-order valence-corrected chi connectivity index (χ4v) is 3.16. The van der Waals surface area contributed by atoms with Crippen molar-refractivity contribution in [3.63, 3.8) is 0 Å². The predicted molar refractivity (Wildman–Crippen MR) is 126 cm³/mol. The number of anilines is 1. The molecule has 1 atom stereocenters. The van der Waals surface area contributed by atoms with E-state index >= 15 is 0 Å². The van der Waals surface area contributed by atoms with E-state index in [0.29, 0.717) is 30.2 Å². The molecule has 10 nitrogen and oxygen atoms in total. The van der Waals surface area contributed by atoms with Crippen LogP contribution in [0.2, 0.25) is 0 Å². The Morgan fingerprint density at radius 2 is 1.88 bits per heavy atom. The van der Waals surface area contributed by atoms with Crippen LogP contribution in [0.1, 0.15) is 25.3 Å². The van der Waals surface area contributed by atoms with E-state index in [1.165, 1.54) is 6.21 Å². The number of nitrogens with one attached hydrogen (secondary N) is 3. The van der Waals surface area contributed by atoms with Gasteiger partial charge in [-0.3, -0.25) is 14.4 Å². The van der Waals surface area contributed by atoms with Gasteiger partial charge in [0.25, 0.3) is 5.91 Å². The molecule has 0 spiro atoms. The summed E-state index contributed by atoms with van der Waals surface area (Å²) < 4.78 is 16.4. The zero-order valence-electron chi connectivity index (χ0n) is 18.9. The van der Waals surface area contributed by atoms with Gasteiger partial charge in [0.1, 0.15) is 11.5 Å². The van der Waals surface area contributed by atoms with E-state index in [0.717, 1.165) is 18.6 Å². The first-order valence-electron chi connectivity index (χ1n) is 11.0. The molecule has 0 bridgehead atoms. The first kappa shape index (κ1) is 24.7. The van der Waals surface area contributed by atoms with E-state index in [1.807, 2.05) is 6.92 Å².